The lowest BCUT2D eigenvalue weighted by Crippen LogP contribution is -2.42. The first kappa shape index (κ1) is 10.0. The van der Waals surface area contributed by atoms with Crippen molar-refractivity contribution in [1.29, 1.82) is 0 Å². The molecule has 13 heavy (non-hydrogen) atoms. The van der Waals surface area contributed by atoms with Gasteiger partial charge in [0, 0.05) is 25.6 Å². The van der Waals surface area contributed by atoms with Crippen LogP contribution < -0.4 is 0 Å². The third kappa shape index (κ3) is 2.50. The summed E-state index contributed by atoms with van der Waals surface area (Å²) in [7, 11) is 0. The molecular formula is C9H15Cl2NO. The lowest BCUT2D eigenvalue weighted by atomic mass is 10.2. The van der Waals surface area contributed by atoms with Gasteiger partial charge in [0.1, 0.15) is 4.33 Å². The zero-order chi connectivity index (χ0) is 9.47. The molecule has 2 rings (SSSR count). The number of hydrogen-bond acceptors (Lipinski definition) is 2. The van der Waals surface area contributed by atoms with Crippen molar-refractivity contribution in [3.05, 3.63) is 0 Å². The first-order valence-corrected chi connectivity index (χ1v) is 5.55. The molecule has 1 saturated heterocycles. The van der Waals surface area contributed by atoms with Gasteiger partial charge in [-0.15, -0.1) is 23.2 Å². The third-order valence-electron chi connectivity index (χ3n) is 2.76. The average Bonchev–Trinajstić information content (AvgIpc) is 2.58. The van der Waals surface area contributed by atoms with Crippen LogP contribution in [0.5, 0.6) is 0 Å². The summed E-state index contributed by atoms with van der Waals surface area (Å²) >= 11 is 11.9. The van der Waals surface area contributed by atoms with Gasteiger partial charge in [-0.25, -0.2) is 0 Å². The van der Waals surface area contributed by atoms with E-state index in [-0.39, 0.29) is 0 Å². The summed E-state index contributed by atoms with van der Waals surface area (Å²) < 4.78 is 5.03. The highest BCUT2D eigenvalue weighted by Gasteiger charge is 2.52. The molecule has 0 radical (unpaired) electrons. The predicted molar refractivity (Wildman–Crippen MR) is 54.4 cm³/mol. The number of nitrogens with zero attached hydrogens (tertiary/aromatic N) is 1. The highest BCUT2D eigenvalue weighted by Crippen LogP contribution is 2.53. The van der Waals surface area contributed by atoms with Crippen LogP contribution in [-0.4, -0.2) is 41.6 Å². The highest BCUT2D eigenvalue weighted by molar-refractivity contribution is 6.50. The zero-order valence-corrected chi connectivity index (χ0v) is 9.31. The van der Waals surface area contributed by atoms with Crippen LogP contribution in [0, 0.1) is 5.92 Å². The molecule has 0 aromatic heterocycles. The summed E-state index contributed by atoms with van der Waals surface area (Å²) in [6.45, 7) is 6.00. The molecule has 0 N–H and O–H groups in total. The first-order chi connectivity index (χ1) is 6.08. The van der Waals surface area contributed by atoms with Crippen LogP contribution in [-0.2, 0) is 4.74 Å². The smallest absolute Gasteiger partial charge is 0.122 e. The lowest BCUT2D eigenvalue weighted by molar-refractivity contribution is -0.0196. The fourth-order valence-corrected chi connectivity index (χ4v) is 2.35. The largest absolute Gasteiger partial charge is 0.376 e. The minimum absolute atomic E-state index is 0.354. The summed E-state index contributed by atoms with van der Waals surface area (Å²) in [6, 6.07) is 0. The Labute approximate surface area is 89.1 Å². The molecule has 1 unspecified atom stereocenters. The van der Waals surface area contributed by atoms with Crippen molar-refractivity contribution in [3.63, 3.8) is 0 Å². The van der Waals surface area contributed by atoms with Crippen molar-refractivity contribution in [3.8, 4) is 0 Å². The fourth-order valence-electron chi connectivity index (χ4n) is 1.84. The normalized spacial score (nSPS) is 39.0. The van der Waals surface area contributed by atoms with E-state index in [1.54, 1.807) is 0 Å². The second-order valence-corrected chi connectivity index (χ2v) is 5.65. The molecule has 0 spiro atoms. The van der Waals surface area contributed by atoms with Crippen LogP contribution >= 0.6 is 23.2 Å². The van der Waals surface area contributed by atoms with Gasteiger partial charge in [0.15, 0.2) is 0 Å². The molecule has 0 aromatic carbocycles. The van der Waals surface area contributed by atoms with Crippen LogP contribution in [0.1, 0.15) is 13.3 Å². The predicted octanol–water partition coefficient (Wildman–Crippen LogP) is 1.90. The van der Waals surface area contributed by atoms with E-state index < -0.39 is 4.33 Å². The number of hydrogen-bond donors (Lipinski definition) is 0. The molecule has 2 aliphatic rings. The maximum absolute atomic E-state index is 5.97. The molecule has 2 fully saturated rings. The maximum Gasteiger partial charge on any atom is 0.122 e. The first-order valence-electron chi connectivity index (χ1n) is 4.80. The minimum atomic E-state index is -0.429. The van der Waals surface area contributed by atoms with Crippen molar-refractivity contribution >= 4 is 23.2 Å². The molecule has 1 aliphatic heterocycles. The minimum Gasteiger partial charge on any atom is -0.376 e. The topological polar surface area (TPSA) is 12.5 Å². The molecule has 2 atom stereocenters. The van der Waals surface area contributed by atoms with Gasteiger partial charge >= 0.3 is 0 Å². The number of alkyl halides is 2. The highest BCUT2D eigenvalue weighted by atomic mass is 35.5. The Morgan fingerprint density at radius 3 is 2.77 bits per heavy atom. The quantitative estimate of drug-likeness (QED) is 0.664. The SMILES string of the molecule is C[C@@H]1CN(CC2CC2(Cl)Cl)CCO1. The molecule has 1 heterocycles. The number of halogens is 2. The molecule has 1 aliphatic carbocycles. The van der Waals surface area contributed by atoms with Crippen LogP contribution in [0.4, 0.5) is 0 Å². The average molecular weight is 224 g/mol. The van der Waals surface area contributed by atoms with Crippen LogP contribution in [0.3, 0.4) is 0 Å². The summed E-state index contributed by atoms with van der Waals surface area (Å²) in [5.41, 5.74) is 0. The molecule has 4 heteroatoms. The lowest BCUT2D eigenvalue weighted by Gasteiger charge is -2.31. The maximum atomic E-state index is 5.97. The summed E-state index contributed by atoms with van der Waals surface area (Å²) in [5, 5.41) is 0. The Bertz CT molecular complexity index is 198. The van der Waals surface area contributed by atoms with Crippen LogP contribution in [0.15, 0.2) is 0 Å². The Morgan fingerprint density at radius 2 is 2.23 bits per heavy atom. The van der Waals surface area contributed by atoms with E-state index in [0.29, 0.717) is 12.0 Å². The Kier molecular flexibility index (Phi) is 2.76. The molecular weight excluding hydrogens is 209 g/mol. The van der Waals surface area contributed by atoms with Gasteiger partial charge in [-0.1, -0.05) is 0 Å². The van der Waals surface area contributed by atoms with Gasteiger partial charge in [0.2, 0.25) is 0 Å². The molecule has 76 valence electrons. The number of ether oxygens (including phenoxy) is 1. The Hall–Kier alpha value is 0.500. The van der Waals surface area contributed by atoms with Gasteiger partial charge in [-0.2, -0.15) is 0 Å². The molecule has 0 bridgehead atoms. The van der Waals surface area contributed by atoms with Crippen molar-refractivity contribution in [2.45, 2.75) is 23.8 Å². The second kappa shape index (κ2) is 3.58. The van der Waals surface area contributed by atoms with E-state index in [2.05, 4.69) is 11.8 Å². The molecule has 0 amide bonds. The monoisotopic (exact) mass is 223 g/mol. The van der Waals surface area contributed by atoms with Crippen molar-refractivity contribution in [2.24, 2.45) is 5.92 Å². The van der Waals surface area contributed by atoms with E-state index in [1.807, 2.05) is 0 Å². The third-order valence-corrected chi connectivity index (χ3v) is 3.69. The van der Waals surface area contributed by atoms with Crippen molar-refractivity contribution in [2.75, 3.05) is 26.2 Å². The second-order valence-electron chi connectivity index (χ2n) is 4.10. The number of morpholine rings is 1. The Morgan fingerprint density at radius 1 is 1.54 bits per heavy atom. The van der Waals surface area contributed by atoms with Gasteiger partial charge in [-0.3, -0.25) is 4.90 Å². The molecule has 0 aromatic rings. The summed E-state index contributed by atoms with van der Waals surface area (Å²) in [5.74, 6) is 0.473. The zero-order valence-electron chi connectivity index (χ0n) is 7.80. The van der Waals surface area contributed by atoms with E-state index in [0.717, 1.165) is 32.7 Å². The van der Waals surface area contributed by atoms with E-state index in [4.69, 9.17) is 27.9 Å². The van der Waals surface area contributed by atoms with Crippen LogP contribution in [0.25, 0.3) is 0 Å². The van der Waals surface area contributed by atoms with Gasteiger partial charge in [0.05, 0.1) is 12.7 Å². The summed E-state index contributed by atoms with van der Waals surface area (Å²) in [6.07, 6.45) is 1.30. The van der Waals surface area contributed by atoms with E-state index in [1.165, 1.54) is 0 Å². The molecule has 1 saturated carbocycles. The van der Waals surface area contributed by atoms with Crippen molar-refractivity contribution in [1.82, 2.24) is 4.90 Å². The molecule has 2 nitrogen and oxygen atoms in total. The van der Waals surface area contributed by atoms with E-state index in [9.17, 15) is 0 Å². The van der Waals surface area contributed by atoms with E-state index >= 15 is 0 Å². The van der Waals surface area contributed by atoms with Crippen LogP contribution in [0.2, 0.25) is 0 Å². The van der Waals surface area contributed by atoms with Gasteiger partial charge < -0.3 is 4.74 Å². The van der Waals surface area contributed by atoms with Gasteiger partial charge in [-0.05, 0) is 13.3 Å². The number of rotatable bonds is 2. The van der Waals surface area contributed by atoms with Gasteiger partial charge in [0.25, 0.3) is 0 Å². The standard InChI is InChI=1S/C9H15Cl2NO/c1-7-5-12(2-3-13-7)6-8-4-9(8,10)11/h7-8H,2-6H2,1H3/t7-,8?/m1/s1. The summed E-state index contributed by atoms with van der Waals surface area (Å²) in [4.78, 5) is 2.39. The Balaban J connectivity index is 1.76. The van der Waals surface area contributed by atoms with Crippen molar-refractivity contribution < 1.29 is 4.74 Å². The fraction of sp³-hybridized carbons (Fsp3) is 1.00.